The molecule has 0 heterocycles. The van der Waals surface area contributed by atoms with Crippen molar-refractivity contribution >= 4 is 0 Å². The average molecular weight is 290 g/mol. The fraction of sp³-hybridized carbons (Fsp3) is 0.529. The molecule has 1 aromatic rings. The lowest BCUT2D eigenvalue weighted by molar-refractivity contribution is 0.113. The van der Waals surface area contributed by atoms with Crippen LogP contribution < -0.4 is 10.5 Å². The second kappa shape index (κ2) is 10.2. The number of hydrogen-bond donors (Lipinski definition) is 1. The van der Waals surface area contributed by atoms with Gasteiger partial charge >= 0.3 is 0 Å². The average Bonchev–Trinajstić information content (AvgIpc) is 2.52. The summed E-state index contributed by atoms with van der Waals surface area (Å²) < 4.78 is 10.7. The van der Waals surface area contributed by atoms with E-state index in [0.29, 0.717) is 6.54 Å². The zero-order chi connectivity index (χ0) is 15.5. The molecule has 0 fully saturated rings. The smallest absolute Gasteiger partial charge is 0.119 e. The molecule has 1 rings (SSSR count). The van der Waals surface area contributed by atoms with Crippen molar-refractivity contribution in [3.05, 3.63) is 29.3 Å². The highest BCUT2D eigenvalue weighted by molar-refractivity contribution is 5.45. The summed E-state index contributed by atoms with van der Waals surface area (Å²) in [7, 11) is 1.68. The molecule has 0 saturated heterocycles. The van der Waals surface area contributed by atoms with Gasteiger partial charge in [0, 0.05) is 25.3 Å². The van der Waals surface area contributed by atoms with Crippen LogP contribution in [0, 0.1) is 11.8 Å². The number of likely N-dealkylation sites (N-methyl/N-ethyl adjacent to an activating group) is 1. The molecule has 0 amide bonds. The van der Waals surface area contributed by atoms with Crippen LogP contribution in [0.5, 0.6) is 5.75 Å². The molecule has 4 heteroatoms. The molecule has 2 N–H and O–H groups in total. The third-order valence-electron chi connectivity index (χ3n) is 3.23. The number of methoxy groups -OCH3 is 1. The lowest BCUT2D eigenvalue weighted by atomic mass is 10.1. The highest BCUT2D eigenvalue weighted by atomic mass is 16.5. The Morgan fingerprint density at radius 1 is 1.29 bits per heavy atom. The van der Waals surface area contributed by atoms with Crippen LogP contribution in [-0.2, 0) is 11.3 Å². The van der Waals surface area contributed by atoms with Gasteiger partial charge in [-0.1, -0.05) is 18.8 Å². The molecule has 21 heavy (non-hydrogen) atoms. The Hall–Kier alpha value is -1.54. The molecule has 0 aliphatic carbocycles. The first kappa shape index (κ1) is 17.5. The Labute approximate surface area is 128 Å². The SMILES string of the molecule is CCOCCN(CC)Cc1cc(OC)ccc1C#CCN. The van der Waals surface area contributed by atoms with Crippen LogP contribution in [0.15, 0.2) is 18.2 Å². The standard InChI is InChI=1S/C17H26N2O2/c1-4-19(11-12-21-5-2)14-16-13-17(20-3)9-8-15(16)7-6-10-18/h8-9,13H,4-5,10-12,14,18H2,1-3H3. The van der Waals surface area contributed by atoms with Crippen LogP contribution >= 0.6 is 0 Å². The molecule has 0 aromatic heterocycles. The van der Waals surface area contributed by atoms with Gasteiger partial charge in [0.25, 0.3) is 0 Å². The largest absolute Gasteiger partial charge is 0.497 e. The first-order valence-corrected chi connectivity index (χ1v) is 7.41. The van der Waals surface area contributed by atoms with Crippen molar-refractivity contribution in [3.63, 3.8) is 0 Å². The number of hydrogen-bond acceptors (Lipinski definition) is 4. The van der Waals surface area contributed by atoms with E-state index < -0.39 is 0 Å². The summed E-state index contributed by atoms with van der Waals surface area (Å²) >= 11 is 0. The van der Waals surface area contributed by atoms with Crippen LogP contribution in [0.3, 0.4) is 0 Å². The normalized spacial score (nSPS) is 10.3. The predicted octanol–water partition coefficient (Wildman–Crippen LogP) is 1.86. The summed E-state index contributed by atoms with van der Waals surface area (Å²) in [6.07, 6.45) is 0. The summed E-state index contributed by atoms with van der Waals surface area (Å²) in [4.78, 5) is 2.33. The zero-order valence-corrected chi connectivity index (χ0v) is 13.3. The van der Waals surface area contributed by atoms with Crippen molar-refractivity contribution in [2.45, 2.75) is 20.4 Å². The molecule has 4 nitrogen and oxygen atoms in total. The van der Waals surface area contributed by atoms with Crippen molar-refractivity contribution in [1.29, 1.82) is 0 Å². The van der Waals surface area contributed by atoms with E-state index in [1.54, 1.807) is 7.11 Å². The first-order chi connectivity index (χ1) is 10.2. The highest BCUT2D eigenvalue weighted by Gasteiger charge is 2.08. The lowest BCUT2D eigenvalue weighted by Crippen LogP contribution is -2.27. The molecule has 0 bridgehead atoms. The van der Waals surface area contributed by atoms with E-state index in [2.05, 4.69) is 23.7 Å². The van der Waals surface area contributed by atoms with Gasteiger partial charge in [-0.05, 0) is 37.2 Å². The molecular weight excluding hydrogens is 264 g/mol. The quantitative estimate of drug-likeness (QED) is 0.586. The maximum Gasteiger partial charge on any atom is 0.119 e. The van der Waals surface area contributed by atoms with Crippen molar-refractivity contribution in [1.82, 2.24) is 4.90 Å². The summed E-state index contributed by atoms with van der Waals surface area (Å²) in [6.45, 7) is 8.74. The third kappa shape index (κ3) is 6.17. The summed E-state index contributed by atoms with van der Waals surface area (Å²) in [5.74, 6) is 6.90. The molecule has 0 saturated carbocycles. The zero-order valence-electron chi connectivity index (χ0n) is 13.3. The van der Waals surface area contributed by atoms with Gasteiger partial charge in [-0.2, -0.15) is 0 Å². The number of ether oxygens (including phenoxy) is 2. The topological polar surface area (TPSA) is 47.7 Å². The van der Waals surface area contributed by atoms with Gasteiger partial charge in [0.05, 0.1) is 20.3 Å². The maximum absolute atomic E-state index is 5.47. The highest BCUT2D eigenvalue weighted by Crippen LogP contribution is 2.19. The van der Waals surface area contributed by atoms with E-state index in [9.17, 15) is 0 Å². The Balaban J connectivity index is 2.86. The van der Waals surface area contributed by atoms with Crippen molar-refractivity contribution in [2.24, 2.45) is 5.73 Å². The molecule has 0 spiro atoms. The van der Waals surface area contributed by atoms with Crippen molar-refractivity contribution < 1.29 is 9.47 Å². The monoisotopic (exact) mass is 290 g/mol. The number of nitrogens with two attached hydrogens (primary N) is 1. The van der Waals surface area contributed by atoms with E-state index >= 15 is 0 Å². The van der Waals surface area contributed by atoms with Gasteiger partial charge < -0.3 is 15.2 Å². The maximum atomic E-state index is 5.47. The molecule has 1 aromatic carbocycles. The minimum Gasteiger partial charge on any atom is -0.497 e. The predicted molar refractivity (Wildman–Crippen MR) is 86.4 cm³/mol. The Bertz CT molecular complexity index is 477. The van der Waals surface area contributed by atoms with E-state index in [1.807, 2.05) is 25.1 Å². The molecule has 0 aliphatic rings. The van der Waals surface area contributed by atoms with Gasteiger partial charge in [-0.15, -0.1) is 0 Å². The second-order valence-corrected chi connectivity index (χ2v) is 4.59. The molecule has 0 aliphatic heterocycles. The molecule has 116 valence electrons. The van der Waals surface area contributed by atoms with Gasteiger partial charge in [0.15, 0.2) is 0 Å². The summed E-state index contributed by atoms with van der Waals surface area (Å²) in [5, 5.41) is 0. The van der Waals surface area contributed by atoms with Gasteiger partial charge in [0.1, 0.15) is 5.75 Å². The minimum atomic E-state index is 0.368. The Kier molecular flexibility index (Phi) is 8.53. The van der Waals surface area contributed by atoms with Crippen LogP contribution in [0.4, 0.5) is 0 Å². The Morgan fingerprint density at radius 2 is 2.10 bits per heavy atom. The molecule has 0 radical (unpaired) electrons. The van der Waals surface area contributed by atoms with E-state index in [4.69, 9.17) is 15.2 Å². The third-order valence-corrected chi connectivity index (χ3v) is 3.23. The van der Waals surface area contributed by atoms with E-state index in [1.165, 1.54) is 0 Å². The van der Waals surface area contributed by atoms with E-state index in [-0.39, 0.29) is 0 Å². The van der Waals surface area contributed by atoms with Crippen LogP contribution in [-0.4, -0.2) is 44.9 Å². The van der Waals surface area contributed by atoms with Crippen molar-refractivity contribution in [3.8, 4) is 17.6 Å². The van der Waals surface area contributed by atoms with Gasteiger partial charge in [-0.3, -0.25) is 4.90 Å². The van der Waals surface area contributed by atoms with E-state index in [0.717, 1.165) is 49.7 Å². The van der Waals surface area contributed by atoms with Crippen molar-refractivity contribution in [2.75, 3.05) is 40.0 Å². The summed E-state index contributed by atoms with van der Waals surface area (Å²) in [6, 6.07) is 5.97. The fourth-order valence-electron chi connectivity index (χ4n) is 2.02. The summed E-state index contributed by atoms with van der Waals surface area (Å²) in [5.41, 5.74) is 7.64. The van der Waals surface area contributed by atoms with Crippen LogP contribution in [0.2, 0.25) is 0 Å². The van der Waals surface area contributed by atoms with Gasteiger partial charge in [-0.25, -0.2) is 0 Å². The Morgan fingerprint density at radius 3 is 2.71 bits per heavy atom. The number of rotatable bonds is 8. The minimum absolute atomic E-state index is 0.368. The number of benzene rings is 1. The van der Waals surface area contributed by atoms with Gasteiger partial charge in [0.2, 0.25) is 0 Å². The van der Waals surface area contributed by atoms with Crippen LogP contribution in [0.1, 0.15) is 25.0 Å². The number of nitrogens with zero attached hydrogens (tertiary/aromatic N) is 1. The molecule has 0 atom stereocenters. The molecular formula is C17H26N2O2. The fourth-order valence-corrected chi connectivity index (χ4v) is 2.02. The molecule has 0 unspecified atom stereocenters. The van der Waals surface area contributed by atoms with Crippen LogP contribution in [0.25, 0.3) is 0 Å². The lowest BCUT2D eigenvalue weighted by Gasteiger charge is -2.21. The first-order valence-electron chi connectivity index (χ1n) is 7.41. The second-order valence-electron chi connectivity index (χ2n) is 4.59.